The predicted molar refractivity (Wildman–Crippen MR) is 119 cm³/mol. The van der Waals surface area contributed by atoms with Crippen molar-refractivity contribution in [1.29, 1.82) is 0 Å². The number of piperidine rings is 1. The third-order valence-electron chi connectivity index (χ3n) is 4.99. The summed E-state index contributed by atoms with van der Waals surface area (Å²) in [6.07, 6.45) is 4.59. The van der Waals surface area contributed by atoms with Gasteiger partial charge in [-0.1, -0.05) is 11.6 Å². The van der Waals surface area contributed by atoms with Crippen LogP contribution in [0.1, 0.15) is 38.7 Å². The monoisotopic (exact) mass is 456 g/mol. The van der Waals surface area contributed by atoms with E-state index in [0.717, 1.165) is 5.01 Å². The number of likely N-dealkylation sites (tertiary alicyclic amines) is 1. The van der Waals surface area contributed by atoms with E-state index >= 15 is 0 Å². The van der Waals surface area contributed by atoms with Gasteiger partial charge in [-0.2, -0.15) is 0 Å². The Morgan fingerprint density at radius 3 is 2.68 bits per heavy atom. The van der Waals surface area contributed by atoms with E-state index in [2.05, 4.69) is 15.3 Å². The number of hydrogen-bond donors (Lipinski definition) is 1. The zero-order chi connectivity index (χ0) is 21.6. The van der Waals surface area contributed by atoms with E-state index in [4.69, 9.17) is 16.3 Å². The molecule has 2 amide bonds. The van der Waals surface area contributed by atoms with Crippen molar-refractivity contribution >= 4 is 34.8 Å². The van der Waals surface area contributed by atoms with Gasteiger partial charge in [0.2, 0.25) is 0 Å². The third-order valence-corrected chi connectivity index (χ3v) is 6.06. The summed E-state index contributed by atoms with van der Waals surface area (Å²) in [6.45, 7) is 1.44. The molecular formula is C22H21ClN4O3S. The van der Waals surface area contributed by atoms with E-state index in [1.54, 1.807) is 59.1 Å². The van der Waals surface area contributed by atoms with E-state index < -0.39 is 0 Å². The van der Waals surface area contributed by atoms with Gasteiger partial charge in [0.1, 0.15) is 23.1 Å². The van der Waals surface area contributed by atoms with Gasteiger partial charge in [0.15, 0.2) is 0 Å². The van der Waals surface area contributed by atoms with Gasteiger partial charge in [-0.3, -0.25) is 14.6 Å². The maximum Gasteiger partial charge on any atom is 0.273 e. The minimum absolute atomic E-state index is 0.0375. The molecule has 0 atom stereocenters. The summed E-state index contributed by atoms with van der Waals surface area (Å²) < 4.78 is 5.69. The molecule has 7 nitrogen and oxygen atoms in total. The molecule has 0 unspecified atom stereocenters. The SMILES string of the molecule is O=C(NC1CCN(C(=O)c2csc(COc3ccc(Cl)cc3)n2)CC1)c1cccnc1. The molecule has 3 heterocycles. The molecule has 2 aromatic heterocycles. The maximum atomic E-state index is 12.8. The summed E-state index contributed by atoms with van der Waals surface area (Å²) in [5, 5.41) is 6.16. The standard InChI is InChI=1S/C22H21ClN4O3S/c23-16-3-5-18(6-4-16)30-13-20-26-19(14-31-20)22(29)27-10-7-17(8-11-27)25-21(28)15-2-1-9-24-12-15/h1-6,9,12,14,17H,7-8,10-11,13H2,(H,25,28). The van der Waals surface area contributed by atoms with Gasteiger partial charge in [-0.05, 0) is 49.2 Å². The van der Waals surface area contributed by atoms with Crippen molar-refractivity contribution in [2.75, 3.05) is 13.1 Å². The van der Waals surface area contributed by atoms with Crippen molar-refractivity contribution in [3.05, 3.63) is 75.5 Å². The number of aromatic nitrogens is 2. The molecule has 4 rings (SSSR count). The van der Waals surface area contributed by atoms with Crippen LogP contribution in [-0.4, -0.2) is 45.8 Å². The minimum atomic E-state index is -0.136. The van der Waals surface area contributed by atoms with Crippen LogP contribution < -0.4 is 10.1 Å². The molecule has 0 spiro atoms. The van der Waals surface area contributed by atoms with Crippen molar-refractivity contribution < 1.29 is 14.3 Å². The molecule has 1 aromatic carbocycles. The number of nitrogens with zero attached hydrogens (tertiary/aromatic N) is 3. The summed E-state index contributed by atoms with van der Waals surface area (Å²) in [4.78, 5) is 35.2. The number of amides is 2. The molecule has 1 aliphatic rings. The van der Waals surface area contributed by atoms with Crippen LogP contribution >= 0.6 is 22.9 Å². The Kier molecular flexibility index (Phi) is 6.79. The first kappa shape index (κ1) is 21.3. The number of nitrogens with one attached hydrogen (secondary N) is 1. The highest BCUT2D eigenvalue weighted by Gasteiger charge is 2.26. The molecule has 1 saturated heterocycles. The molecular weight excluding hydrogens is 436 g/mol. The zero-order valence-electron chi connectivity index (χ0n) is 16.7. The van der Waals surface area contributed by atoms with E-state index in [9.17, 15) is 9.59 Å². The van der Waals surface area contributed by atoms with Gasteiger partial charge in [-0.25, -0.2) is 4.98 Å². The summed E-state index contributed by atoms with van der Waals surface area (Å²) in [6, 6.07) is 10.6. The minimum Gasteiger partial charge on any atom is -0.486 e. The molecule has 9 heteroatoms. The number of rotatable bonds is 6. The summed E-state index contributed by atoms with van der Waals surface area (Å²) in [5.41, 5.74) is 0.967. The number of hydrogen-bond acceptors (Lipinski definition) is 6. The van der Waals surface area contributed by atoms with Gasteiger partial charge in [-0.15, -0.1) is 11.3 Å². The first-order valence-corrected chi connectivity index (χ1v) is 11.2. The Morgan fingerprint density at radius 1 is 1.19 bits per heavy atom. The Labute approximate surface area is 189 Å². The number of benzene rings is 1. The molecule has 0 aliphatic carbocycles. The van der Waals surface area contributed by atoms with Crippen molar-refractivity contribution in [1.82, 2.24) is 20.2 Å². The first-order chi connectivity index (χ1) is 15.1. The predicted octanol–water partition coefficient (Wildman–Crippen LogP) is 3.81. The van der Waals surface area contributed by atoms with Crippen LogP contribution in [0.5, 0.6) is 5.75 Å². The highest BCUT2D eigenvalue weighted by Crippen LogP contribution is 2.20. The molecule has 160 valence electrons. The lowest BCUT2D eigenvalue weighted by molar-refractivity contribution is 0.0693. The average Bonchev–Trinajstić information content (AvgIpc) is 3.28. The average molecular weight is 457 g/mol. The molecule has 3 aromatic rings. The van der Waals surface area contributed by atoms with Crippen molar-refractivity contribution in [2.24, 2.45) is 0 Å². The van der Waals surface area contributed by atoms with Crippen molar-refractivity contribution in [3.8, 4) is 5.75 Å². The number of carbonyl (C=O) groups is 2. The van der Waals surface area contributed by atoms with E-state index in [1.165, 1.54) is 11.3 Å². The second-order valence-electron chi connectivity index (χ2n) is 7.15. The number of thiazole rings is 1. The largest absolute Gasteiger partial charge is 0.486 e. The highest BCUT2D eigenvalue weighted by molar-refractivity contribution is 7.09. The third kappa shape index (κ3) is 5.59. The number of pyridine rings is 1. The van der Waals surface area contributed by atoms with Crippen LogP contribution in [0.2, 0.25) is 5.02 Å². The van der Waals surface area contributed by atoms with Gasteiger partial charge < -0.3 is 15.0 Å². The van der Waals surface area contributed by atoms with E-state index in [0.29, 0.717) is 54.6 Å². The Hall–Kier alpha value is -2.97. The van der Waals surface area contributed by atoms with Crippen molar-refractivity contribution in [3.63, 3.8) is 0 Å². The fraction of sp³-hybridized carbons (Fsp3) is 0.273. The zero-order valence-corrected chi connectivity index (χ0v) is 18.2. The lowest BCUT2D eigenvalue weighted by Gasteiger charge is -2.32. The van der Waals surface area contributed by atoms with Gasteiger partial charge in [0.05, 0.1) is 5.56 Å². The fourth-order valence-corrected chi connectivity index (χ4v) is 4.11. The summed E-state index contributed by atoms with van der Waals surface area (Å²) in [7, 11) is 0. The Morgan fingerprint density at radius 2 is 1.97 bits per heavy atom. The fourth-order valence-electron chi connectivity index (χ4n) is 3.31. The number of ether oxygens (including phenoxy) is 1. The van der Waals surface area contributed by atoms with Crippen LogP contribution in [0.3, 0.4) is 0 Å². The van der Waals surface area contributed by atoms with Gasteiger partial charge in [0.25, 0.3) is 11.8 Å². The van der Waals surface area contributed by atoms with Crippen LogP contribution in [0.15, 0.2) is 54.2 Å². The maximum absolute atomic E-state index is 12.8. The van der Waals surface area contributed by atoms with Crippen molar-refractivity contribution in [2.45, 2.75) is 25.5 Å². The molecule has 1 N–H and O–H groups in total. The van der Waals surface area contributed by atoms with Gasteiger partial charge >= 0.3 is 0 Å². The molecule has 1 aliphatic heterocycles. The number of carbonyl (C=O) groups excluding carboxylic acids is 2. The second kappa shape index (κ2) is 9.89. The molecule has 0 saturated carbocycles. The molecule has 31 heavy (non-hydrogen) atoms. The Bertz CT molecular complexity index is 1030. The van der Waals surface area contributed by atoms with Crippen LogP contribution in [0.4, 0.5) is 0 Å². The smallest absolute Gasteiger partial charge is 0.273 e. The van der Waals surface area contributed by atoms with Crippen LogP contribution in [0, 0.1) is 0 Å². The summed E-state index contributed by atoms with van der Waals surface area (Å²) >= 11 is 7.27. The highest BCUT2D eigenvalue weighted by atomic mass is 35.5. The quantitative estimate of drug-likeness (QED) is 0.609. The first-order valence-electron chi connectivity index (χ1n) is 9.91. The normalized spacial score (nSPS) is 14.3. The molecule has 0 bridgehead atoms. The lowest BCUT2D eigenvalue weighted by atomic mass is 10.0. The van der Waals surface area contributed by atoms with Crippen LogP contribution in [-0.2, 0) is 6.61 Å². The molecule has 0 radical (unpaired) electrons. The topological polar surface area (TPSA) is 84.4 Å². The summed E-state index contributed by atoms with van der Waals surface area (Å²) in [5.74, 6) is 0.469. The van der Waals surface area contributed by atoms with E-state index in [1.807, 2.05) is 0 Å². The number of halogens is 1. The lowest BCUT2D eigenvalue weighted by Crippen LogP contribution is -2.46. The molecule has 1 fully saturated rings. The van der Waals surface area contributed by atoms with Crippen LogP contribution in [0.25, 0.3) is 0 Å². The van der Waals surface area contributed by atoms with Gasteiger partial charge in [0, 0.05) is 41.9 Å². The second-order valence-corrected chi connectivity index (χ2v) is 8.53. The Balaban J connectivity index is 1.26. The van der Waals surface area contributed by atoms with E-state index in [-0.39, 0.29) is 17.9 Å².